The van der Waals surface area contributed by atoms with Gasteiger partial charge in [0.1, 0.15) is 11.3 Å². The quantitative estimate of drug-likeness (QED) is 0.656. The molecule has 3 aromatic rings. The highest BCUT2D eigenvalue weighted by Gasteiger charge is 2.20. The van der Waals surface area contributed by atoms with Crippen LogP contribution in [0.3, 0.4) is 0 Å². The van der Waals surface area contributed by atoms with Crippen LogP contribution >= 0.6 is 22.9 Å². The van der Waals surface area contributed by atoms with E-state index in [0.29, 0.717) is 0 Å². The summed E-state index contributed by atoms with van der Waals surface area (Å²) in [5, 5.41) is -0.133. The Balaban J connectivity index is 2.20. The lowest BCUT2D eigenvalue weighted by Gasteiger charge is -2.17. The summed E-state index contributed by atoms with van der Waals surface area (Å²) < 4.78 is 2.22. The molecule has 0 saturated carbocycles. The number of aromatic nitrogens is 3. The van der Waals surface area contributed by atoms with Gasteiger partial charge in [-0.1, -0.05) is 0 Å². The second-order valence-electron chi connectivity index (χ2n) is 4.94. The van der Waals surface area contributed by atoms with Crippen LogP contribution in [0.5, 0.6) is 0 Å². The van der Waals surface area contributed by atoms with E-state index in [9.17, 15) is 0 Å². The number of nitrogens with zero attached hydrogens (tertiary/aromatic N) is 3. The molecule has 0 spiro atoms. The molecule has 5 heteroatoms. The molecule has 0 aliphatic heterocycles. The maximum absolute atomic E-state index is 6.32. The molecule has 0 aromatic carbocycles. The Hall–Kier alpha value is -1.39. The second kappa shape index (κ2) is 5.19. The molecule has 104 valence electrons. The van der Waals surface area contributed by atoms with E-state index in [1.54, 1.807) is 12.4 Å². The lowest BCUT2D eigenvalue weighted by molar-refractivity contribution is 0.628. The summed E-state index contributed by atoms with van der Waals surface area (Å²) in [7, 11) is 0. The molecule has 2 unspecified atom stereocenters. The number of rotatable bonds is 3. The van der Waals surface area contributed by atoms with E-state index in [0.717, 1.165) is 16.9 Å². The van der Waals surface area contributed by atoms with Gasteiger partial charge in [0, 0.05) is 16.0 Å². The molecule has 0 fully saturated rings. The van der Waals surface area contributed by atoms with Crippen LogP contribution in [0, 0.1) is 6.92 Å². The maximum atomic E-state index is 6.32. The van der Waals surface area contributed by atoms with Crippen LogP contribution in [0.15, 0.2) is 30.6 Å². The van der Waals surface area contributed by atoms with E-state index in [4.69, 9.17) is 11.6 Å². The topological polar surface area (TPSA) is 30.7 Å². The minimum absolute atomic E-state index is 0.133. The lowest BCUT2D eigenvalue weighted by Crippen LogP contribution is -2.10. The highest BCUT2D eigenvalue weighted by molar-refractivity contribution is 7.12. The largest absolute Gasteiger partial charge is 0.318 e. The SMILES string of the molecule is Cc1ccc(C(C)n2c(C(C)Cl)nc3cnccc32)s1. The molecule has 0 bridgehead atoms. The molecule has 3 rings (SSSR count). The molecule has 2 atom stereocenters. The number of hydrogen-bond donors (Lipinski definition) is 0. The Morgan fingerprint density at radius 3 is 2.70 bits per heavy atom. The van der Waals surface area contributed by atoms with Crippen molar-refractivity contribution in [3.05, 3.63) is 46.2 Å². The minimum atomic E-state index is -0.133. The standard InChI is InChI=1S/C15H16ClN3S/c1-9-4-5-14(20-9)11(3)19-13-6-7-17-8-12(13)18-15(19)10(2)16/h4-8,10-11H,1-3H3. The van der Waals surface area contributed by atoms with Crippen molar-refractivity contribution in [3.8, 4) is 0 Å². The third-order valence-electron chi connectivity index (χ3n) is 3.44. The Labute approximate surface area is 127 Å². The van der Waals surface area contributed by atoms with Crippen LogP contribution in [0.25, 0.3) is 11.0 Å². The van der Waals surface area contributed by atoms with Crippen molar-refractivity contribution < 1.29 is 0 Å². The van der Waals surface area contributed by atoms with Crippen LogP contribution in [-0.2, 0) is 0 Å². The molecule has 3 nitrogen and oxygen atoms in total. The van der Waals surface area contributed by atoms with Crippen molar-refractivity contribution in [2.45, 2.75) is 32.2 Å². The van der Waals surface area contributed by atoms with Gasteiger partial charge in [0.25, 0.3) is 0 Å². The number of imidazole rings is 1. The Morgan fingerprint density at radius 1 is 1.25 bits per heavy atom. The van der Waals surface area contributed by atoms with Crippen molar-refractivity contribution in [1.82, 2.24) is 14.5 Å². The average molecular weight is 306 g/mol. The number of pyridine rings is 1. The monoisotopic (exact) mass is 305 g/mol. The van der Waals surface area contributed by atoms with Crippen molar-refractivity contribution in [2.24, 2.45) is 0 Å². The zero-order valence-corrected chi connectivity index (χ0v) is 13.2. The second-order valence-corrected chi connectivity index (χ2v) is 6.92. The minimum Gasteiger partial charge on any atom is -0.318 e. The van der Waals surface area contributed by atoms with Gasteiger partial charge in [-0.3, -0.25) is 4.98 Å². The van der Waals surface area contributed by atoms with E-state index in [-0.39, 0.29) is 11.4 Å². The van der Waals surface area contributed by atoms with Crippen molar-refractivity contribution >= 4 is 34.0 Å². The third kappa shape index (κ3) is 2.23. The van der Waals surface area contributed by atoms with Gasteiger partial charge in [-0.15, -0.1) is 22.9 Å². The molecule has 20 heavy (non-hydrogen) atoms. The molecular weight excluding hydrogens is 290 g/mol. The fourth-order valence-corrected chi connectivity index (χ4v) is 3.54. The number of fused-ring (bicyclic) bond motifs is 1. The van der Waals surface area contributed by atoms with E-state index in [1.165, 1.54) is 9.75 Å². The predicted octanol–water partition coefficient (Wildman–Crippen LogP) is 4.71. The number of hydrogen-bond acceptors (Lipinski definition) is 3. The van der Waals surface area contributed by atoms with Crippen LogP contribution in [0.2, 0.25) is 0 Å². The highest BCUT2D eigenvalue weighted by atomic mass is 35.5. The van der Waals surface area contributed by atoms with Gasteiger partial charge in [-0.05, 0) is 39.0 Å². The normalized spacial score (nSPS) is 14.6. The van der Waals surface area contributed by atoms with Crippen LogP contribution in [0.1, 0.15) is 40.8 Å². The number of alkyl halides is 1. The van der Waals surface area contributed by atoms with Crippen molar-refractivity contribution in [3.63, 3.8) is 0 Å². The smallest absolute Gasteiger partial charge is 0.128 e. The van der Waals surface area contributed by atoms with Crippen LogP contribution in [-0.4, -0.2) is 14.5 Å². The molecule has 0 aliphatic rings. The summed E-state index contributed by atoms with van der Waals surface area (Å²) in [6.07, 6.45) is 3.59. The Bertz CT molecular complexity index is 744. The van der Waals surface area contributed by atoms with Gasteiger partial charge in [-0.25, -0.2) is 4.98 Å². The van der Waals surface area contributed by atoms with E-state index in [2.05, 4.69) is 40.5 Å². The zero-order valence-electron chi connectivity index (χ0n) is 11.7. The first-order valence-electron chi connectivity index (χ1n) is 6.60. The van der Waals surface area contributed by atoms with Gasteiger partial charge in [0.05, 0.1) is 23.1 Å². The summed E-state index contributed by atoms with van der Waals surface area (Å²) in [6, 6.07) is 6.56. The average Bonchev–Trinajstić information content (AvgIpc) is 3.01. The van der Waals surface area contributed by atoms with E-state index < -0.39 is 0 Å². The first kappa shape index (κ1) is 13.6. The van der Waals surface area contributed by atoms with Crippen molar-refractivity contribution in [1.29, 1.82) is 0 Å². The van der Waals surface area contributed by atoms with E-state index in [1.807, 2.05) is 24.3 Å². The summed E-state index contributed by atoms with van der Waals surface area (Å²) >= 11 is 8.13. The van der Waals surface area contributed by atoms with Gasteiger partial charge < -0.3 is 4.57 Å². The molecule has 0 radical (unpaired) electrons. The molecule has 0 N–H and O–H groups in total. The molecular formula is C15H16ClN3S. The molecule has 3 heterocycles. The summed E-state index contributed by atoms with van der Waals surface area (Å²) in [6.45, 7) is 6.27. The van der Waals surface area contributed by atoms with Gasteiger partial charge >= 0.3 is 0 Å². The molecule has 0 amide bonds. The summed E-state index contributed by atoms with van der Waals surface area (Å²) in [5.41, 5.74) is 1.98. The first-order chi connectivity index (χ1) is 9.58. The number of halogens is 1. The van der Waals surface area contributed by atoms with Crippen molar-refractivity contribution in [2.75, 3.05) is 0 Å². The fourth-order valence-electron chi connectivity index (χ4n) is 2.46. The van der Waals surface area contributed by atoms with E-state index >= 15 is 0 Å². The highest BCUT2D eigenvalue weighted by Crippen LogP contribution is 2.33. The maximum Gasteiger partial charge on any atom is 0.128 e. The molecule has 3 aromatic heterocycles. The third-order valence-corrected chi connectivity index (χ3v) is 4.80. The Morgan fingerprint density at radius 2 is 2.05 bits per heavy atom. The first-order valence-corrected chi connectivity index (χ1v) is 7.85. The fraction of sp³-hybridized carbons (Fsp3) is 0.333. The number of thiophene rings is 1. The summed E-state index contributed by atoms with van der Waals surface area (Å²) in [4.78, 5) is 11.4. The predicted molar refractivity (Wildman–Crippen MR) is 84.7 cm³/mol. The van der Waals surface area contributed by atoms with Gasteiger partial charge in [0.15, 0.2) is 0 Å². The lowest BCUT2D eigenvalue weighted by atomic mass is 10.2. The number of aryl methyl sites for hydroxylation is 1. The summed E-state index contributed by atoms with van der Waals surface area (Å²) in [5.74, 6) is 0.896. The molecule has 0 aliphatic carbocycles. The zero-order chi connectivity index (χ0) is 14.3. The Kier molecular flexibility index (Phi) is 3.52. The van der Waals surface area contributed by atoms with Gasteiger partial charge in [0.2, 0.25) is 0 Å². The van der Waals surface area contributed by atoms with Crippen LogP contribution in [0.4, 0.5) is 0 Å². The van der Waals surface area contributed by atoms with Gasteiger partial charge in [-0.2, -0.15) is 0 Å². The molecule has 0 saturated heterocycles. The van der Waals surface area contributed by atoms with Crippen LogP contribution < -0.4 is 0 Å².